The van der Waals surface area contributed by atoms with Gasteiger partial charge in [-0.3, -0.25) is 19.2 Å². The Morgan fingerprint density at radius 1 is 0.644 bits per heavy atom. The fourth-order valence-electron chi connectivity index (χ4n) is 10.8. The molecule has 2 aliphatic carbocycles. The molecule has 0 aromatic heterocycles. The van der Waals surface area contributed by atoms with Crippen molar-refractivity contribution in [2.24, 2.45) is 22.7 Å². The topological polar surface area (TPSA) is 161 Å². The molecule has 4 aliphatic rings. The van der Waals surface area contributed by atoms with Crippen molar-refractivity contribution in [1.82, 2.24) is 0 Å². The Bertz CT molecular complexity index is 2400. The lowest BCUT2D eigenvalue weighted by atomic mass is 9.66. The number of carbonyl (C=O) groups excluding carboxylic acids is 4. The molecule has 1 N–H and O–H groups in total. The van der Waals surface area contributed by atoms with E-state index >= 15 is 0 Å². The minimum absolute atomic E-state index is 0.0545. The van der Waals surface area contributed by atoms with Crippen LogP contribution in [0.1, 0.15) is 221 Å². The molecule has 6 rings (SSSR count). The van der Waals surface area contributed by atoms with Crippen LogP contribution >= 0.6 is 0 Å². The standard InChI is InChI=1S/C31H44O7.C30H44O5/c1-29(2,3)28(35)37-23-17-20(30(4,5)15-11-9-10-12-25(32)36-8)18-24-26(23)21-16-19(27(33)34)13-14-22(21)31(6,7)38-24;1-19-13-14-22-20(2)34-24-17-21(30(6,7)15-11-9-10-12-26(31)33-8)18-25(27(24)23(22)16-19)35-28(32)29(3,4)5/h13,17-18,21-22H,9-12,14-16H2,1-8H3,(H,33,34);13,17-18,20,22-23H,9-12,14-16H2,1-8H3/t21-,22-;20?,22-,23+/m10/s1. The summed E-state index contributed by atoms with van der Waals surface area (Å²) in [6.07, 6.45) is 15.3. The van der Waals surface area contributed by atoms with E-state index in [-0.39, 0.29) is 58.6 Å². The first kappa shape index (κ1) is 58.8. The number of unbranched alkanes of at least 4 members (excludes halogenated alkanes) is 4. The van der Waals surface area contributed by atoms with Crippen LogP contribution in [0.25, 0.3) is 0 Å². The van der Waals surface area contributed by atoms with Crippen molar-refractivity contribution in [3.05, 3.63) is 69.8 Å². The van der Waals surface area contributed by atoms with Crippen LogP contribution < -0.4 is 18.9 Å². The number of aliphatic carboxylic acids is 1. The van der Waals surface area contributed by atoms with E-state index < -0.39 is 22.4 Å². The zero-order chi connectivity index (χ0) is 54.4. The van der Waals surface area contributed by atoms with Gasteiger partial charge in [0.1, 0.15) is 28.6 Å². The van der Waals surface area contributed by atoms with E-state index in [1.54, 1.807) is 6.08 Å². The van der Waals surface area contributed by atoms with Crippen LogP contribution in [0.3, 0.4) is 0 Å². The molecule has 404 valence electrons. The number of allylic oxidation sites excluding steroid dienone is 3. The van der Waals surface area contributed by atoms with E-state index in [2.05, 4.69) is 65.8 Å². The number of benzene rings is 2. The lowest BCUT2D eigenvalue weighted by Gasteiger charge is -2.47. The molecule has 2 aliphatic heterocycles. The van der Waals surface area contributed by atoms with Crippen molar-refractivity contribution < 1.29 is 57.5 Å². The van der Waals surface area contributed by atoms with Crippen LogP contribution in [0.4, 0.5) is 0 Å². The number of ether oxygens (including phenoxy) is 6. The molecule has 5 atom stereocenters. The molecule has 0 spiro atoms. The number of rotatable bonds is 17. The highest BCUT2D eigenvalue weighted by molar-refractivity contribution is 5.87. The lowest BCUT2D eigenvalue weighted by Crippen LogP contribution is -2.46. The average Bonchev–Trinajstić information content (AvgIpc) is 3.29. The summed E-state index contributed by atoms with van der Waals surface area (Å²) in [6, 6.07) is 8.27. The minimum Gasteiger partial charge on any atom is -0.490 e. The number of hydrogen-bond donors (Lipinski definition) is 1. The molecule has 1 unspecified atom stereocenters. The number of carboxylic acids is 1. The second-order valence-electron chi connectivity index (χ2n) is 25.1. The maximum absolute atomic E-state index is 13.1. The van der Waals surface area contributed by atoms with Crippen molar-refractivity contribution in [2.75, 3.05) is 14.2 Å². The van der Waals surface area contributed by atoms with Gasteiger partial charge in [0.25, 0.3) is 0 Å². The Morgan fingerprint density at radius 3 is 1.59 bits per heavy atom. The van der Waals surface area contributed by atoms with Gasteiger partial charge in [-0.15, -0.1) is 0 Å². The van der Waals surface area contributed by atoms with Gasteiger partial charge in [-0.1, -0.05) is 71.1 Å². The molecule has 12 heteroatoms. The summed E-state index contributed by atoms with van der Waals surface area (Å²) in [5, 5.41) is 9.73. The molecule has 0 radical (unpaired) electrons. The summed E-state index contributed by atoms with van der Waals surface area (Å²) in [5.41, 5.74) is 3.55. The third-order valence-corrected chi connectivity index (χ3v) is 15.8. The molecule has 12 nitrogen and oxygen atoms in total. The lowest BCUT2D eigenvalue weighted by molar-refractivity contribution is -0.143. The second-order valence-corrected chi connectivity index (χ2v) is 25.1. The molecule has 0 saturated carbocycles. The quantitative estimate of drug-likeness (QED) is 0.0692. The van der Waals surface area contributed by atoms with E-state index in [9.17, 15) is 29.1 Å². The van der Waals surface area contributed by atoms with Crippen molar-refractivity contribution in [2.45, 2.75) is 221 Å². The van der Waals surface area contributed by atoms with Crippen LogP contribution in [0, 0.1) is 22.7 Å². The summed E-state index contributed by atoms with van der Waals surface area (Å²) < 4.78 is 34.8. The second kappa shape index (κ2) is 23.6. The SMILES string of the molecule is COC(=O)CCCCCC(C)(C)c1cc(OC(=O)C(C)(C)C)c2c(c1)OC(C)(C)[C@@H]1CC=C(C(=O)O)C[C@@H]21.COC(=O)CCCCCC(C)(C)c1cc(OC(=O)C(C)(C)C)c2c(c1)OC(C)[C@@H]1CC=C(C)C[C@@H]21. The highest BCUT2D eigenvalue weighted by atomic mass is 16.5. The van der Waals surface area contributed by atoms with Crippen molar-refractivity contribution in [3.63, 3.8) is 0 Å². The van der Waals surface area contributed by atoms with Gasteiger partial charge in [-0.05, 0) is 167 Å². The summed E-state index contributed by atoms with van der Waals surface area (Å²) >= 11 is 0. The average molecular weight is 1010 g/mol. The highest BCUT2D eigenvalue weighted by Gasteiger charge is 2.48. The molecular weight excluding hydrogens is 925 g/mol. The summed E-state index contributed by atoms with van der Waals surface area (Å²) in [6.45, 7) is 28.3. The Balaban J connectivity index is 0.000000272. The van der Waals surface area contributed by atoms with Gasteiger partial charge in [-0.2, -0.15) is 0 Å². The third kappa shape index (κ3) is 14.8. The predicted molar refractivity (Wildman–Crippen MR) is 285 cm³/mol. The van der Waals surface area contributed by atoms with Crippen LogP contribution in [0.15, 0.2) is 47.6 Å². The fourth-order valence-corrected chi connectivity index (χ4v) is 10.8. The molecule has 0 saturated heterocycles. The van der Waals surface area contributed by atoms with Gasteiger partial charge in [0.2, 0.25) is 0 Å². The molecule has 0 bridgehead atoms. The Morgan fingerprint density at radius 2 is 1.12 bits per heavy atom. The Kier molecular flexibility index (Phi) is 19.0. The Labute approximate surface area is 436 Å². The highest BCUT2D eigenvalue weighted by Crippen LogP contribution is 2.56. The summed E-state index contributed by atoms with van der Waals surface area (Å²) in [4.78, 5) is 60.7. The van der Waals surface area contributed by atoms with Gasteiger partial charge in [0.05, 0.1) is 31.2 Å². The van der Waals surface area contributed by atoms with Gasteiger partial charge in [0, 0.05) is 53.2 Å². The van der Waals surface area contributed by atoms with Crippen molar-refractivity contribution in [3.8, 4) is 23.0 Å². The van der Waals surface area contributed by atoms with Gasteiger partial charge in [-0.25, -0.2) is 4.79 Å². The molecule has 0 amide bonds. The number of fused-ring (bicyclic) bond motifs is 6. The largest absolute Gasteiger partial charge is 0.490 e. The monoisotopic (exact) mass is 1010 g/mol. The predicted octanol–water partition coefficient (Wildman–Crippen LogP) is 14.0. The minimum atomic E-state index is -0.910. The van der Waals surface area contributed by atoms with Crippen LogP contribution in [-0.4, -0.2) is 60.9 Å². The number of carbonyl (C=O) groups is 5. The van der Waals surface area contributed by atoms with E-state index in [0.29, 0.717) is 54.4 Å². The summed E-state index contributed by atoms with van der Waals surface area (Å²) in [5.74, 6) is 1.42. The van der Waals surface area contributed by atoms with Crippen molar-refractivity contribution in [1.29, 1.82) is 0 Å². The first-order valence-electron chi connectivity index (χ1n) is 26.8. The maximum atomic E-state index is 13.1. The van der Waals surface area contributed by atoms with Crippen molar-refractivity contribution >= 4 is 29.8 Å². The number of methoxy groups -OCH3 is 2. The number of hydrogen-bond acceptors (Lipinski definition) is 11. The van der Waals surface area contributed by atoms with Gasteiger partial charge >= 0.3 is 29.8 Å². The number of carboxylic acid groups (broad SMARTS) is 1. The normalized spacial score (nSPS) is 21.1. The molecule has 73 heavy (non-hydrogen) atoms. The number of esters is 4. The first-order chi connectivity index (χ1) is 33.9. The van der Waals surface area contributed by atoms with Crippen LogP contribution in [-0.2, 0) is 44.3 Å². The van der Waals surface area contributed by atoms with E-state index in [4.69, 9.17) is 28.4 Å². The molecular formula is C61H88O12. The maximum Gasteiger partial charge on any atom is 0.331 e. The molecule has 0 fully saturated rings. The molecule has 2 heterocycles. The zero-order valence-corrected chi connectivity index (χ0v) is 47.2. The first-order valence-corrected chi connectivity index (χ1v) is 26.8. The smallest absolute Gasteiger partial charge is 0.331 e. The van der Waals surface area contributed by atoms with E-state index in [0.717, 1.165) is 92.2 Å². The molecule has 2 aromatic carbocycles. The van der Waals surface area contributed by atoms with Gasteiger partial charge < -0.3 is 33.5 Å². The molecule has 2 aromatic rings. The fraction of sp³-hybridized carbons (Fsp3) is 0.656. The Hall–Kier alpha value is -5.13. The third-order valence-electron chi connectivity index (χ3n) is 15.8. The van der Waals surface area contributed by atoms with E-state index in [1.807, 2.05) is 61.5 Å². The van der Waals surface area contributed by atoms with E-state index in [1.165, 1.54) is 19.8 Å². The van der Waals surface area contributed by atoms with Crippen LogP contribution in [0.5, 0.6) is 23.0 Å². The zero-order valence-electron chi connectivity index (χ0n) is 47.2. The summed E-state index contributed by atoms with van der Waals surface area (Å²) in [7, 11) is 2.84. The van der Waals surface area contributed by atoms with Crippen LogP contribution in [0.2, 0.25) is 0 Å². The van der Waals surface area contributed by atoms with Gasteiger partial charge in [0.15, 0.2) is 0 Å².